The average Bonchev–Trinajstić information content (AvgIpc) is 3.57. The molecule has 1 unspecified atom stereocenters. The van der Waals surface area contributed by atoms with Gasteiger partial charge in [-0.15, -0.1) is 0 Å². The van der Waals surface area contributed by atoms with Gasteiger partial charge in [0.15, 0.2) is 5.17 Å². The van der Waals surface area contributed by atoms with Crippen LogP contribution in [0, 0.1) is 0 Å². The van der Waals surface area contributed by atoms with Crippen molar-refractivity contribution in [2.75, 3.05) is 0 Å². The molecule has 0 saturated carbocycles. The number of amidine groups is 2. The SMILES string of the molecule is O=C(CCC1C(=O)N=C2c3ccccc3N=C(SCc3cc(=O)n4cc(Cl)ccc4n3)N21)NCc1ccco1. The summed E-state index contributed by atoms with van der Waals surface area (Å²) in [5.74, 6) is 0.971. The van der Waals surface area contributed by atoms with Crippen molar-refractivity contribution in [2.45, 2.75) is 31.2 Å². The van der Waals surface area contributed by atoms with Crippen LogP contribution >= 0.6 is 23.4 Å². The highest BCUT2D eigenvalue weighted by molar-refractivity contribution is 8.13. The van der Waals surface area contributed by atoms with E-state index in [0.717, 1.165) is 5.56 Å². The molecule has 0 fully saturated rings. The fourth-order valence-electron chi connectivity index (χ4n) is 4.47. The summed E-state index contributed by atoms with van der Waals surface area (Å²) in [5.41, 5.74) is 2.24. The fourth-order valence-corrected chi connectivity index (χ4v) is 5.57. The van der Waals surface area contributed by atoms with Crippen LogP contribution in [0.15, 0.2) is 86.3 Å². The van der Waals surface area contributed by atoms with E-state index in [4.69, 9.17) is 21.0 Å². The molecule has 39 heavy (non-hydrogen) atoms. The van der Waals surface area contributed by atoms with E-state index in [1.807, 2.05) is 24.3 Å². The number of thioether (sulfide) groups is 1. The molecule has 2 amide bonds. The van der Waals surface area contributed by atoms with Gasteiger partial charge >= 0.3 is 0 Å². The molecule has 3 aromatic heterocycles. The van der Waals surface area contributed by atoms with Crippen molar-refractivity contribution in [1.29, 1.82) is 0 Å². The fraction of sp³-hybridized carbons (Fsp3) is 0.185. The summed E-state index contributed by atoms with van der Waals surface area (Å²) in [6.45, 7) is 0.275. The van der Waals surface area contributed by atoms with Crippen LogP contribution in [0.5, 0.6) is 0 Å². The predicted octanol–water partition coefficient (Wildman–Crippen LogP) is 3.93. The van der Waals surface area contributed by atoms with Gasteiger partial charge in [0.05, 0.1) is 29.2 Å². The van der Waals surface area contributed by atoms with Gasteiger partial charge < -0.3 is 9.73 Å². The van der Waals surface area contributed by atoms with Crippen LogP contribution in [0.1, 0.15) is 29.9 Å². The van der Waals surface area contributed by atoms with E-state index >= 15 is 0 Å². The molecular weight excluding hydrogens is 540 g/mol. The Morgan fingerprint density at radius 2 is 1.97 bits per heavy atom. The molecule has 0 aliphatic carbocycles. The van der Waals surface area contributed by atoms with Gasteiger partial charge in [-0.25, -0.2) is 9.98 Å². The molecular formula is C27H21ClN6O4S. The molecule has 2 aliphatic heterocycles. The normalized spacial score (nSPS) is 16.1. The quantitative estimate of drug-likeness (QED) is 0.363. The van der Waals surface area contributed by atoms with Crippen molar-refractivity contribution < 1.29 is 14.0 Å². The smallest absolute Gasteiger partial charge is 0.270 e. The number of carbonyl (C=O) groups excluding carboxylic acids is 2. The van der Waals surface area contributed by atoms with Gasteiger partial charge in [0.25, 0.3) is 11.5 Å². The van der Waals surface area contributed by atoms with E-state index in [1.54, 1.807) is 35.4 Å². The first-order chi connectivity index (χ1) is 19.0. The third kappa shape index (κ3) is 5.10. The number of nitrogens with zero attached hydrogens (tertiary/aromatic N) is 5. The summed E-state index contributed by atoms with van der Waals surface area (Å²) in [4.78, 5) is 53.7. The second kappa shape index (κ2) is 10.5. The highest BCUT2D eigenvalue weighted by atomic mass is 35.5. The Morgan fingerprint density at radius 1 is 1.10 bits per heavy atom. The number of halogens is 1. The van der Waals surface area contributed by atoms with Gasteiger partial charge in [-0.2, -0.15) is 4.99 Å². The van der Waals surface area contributed by atoms with Gasteiger partial charge in [-0.3, -0.25) is 23.7 Å². The summed E-state index contributed by atoms with van der Waals surface area (Å²) >= 11 is 7.37. The van der Waals surface area contributed by atoms with Crippen LogP contribution in [-0.4, -0.2) is 43.1 Å². The predicted molar refractivity (Wildman–Crippen MR) is 148 cm³/mol. The van der Waals surface area contributed by atoms with E-state index in [2.05, 4.69) is 15.3 Å². The Morgan fingerprint density at radius 3 is 2.82 bits per heavy atom. The summed E-state index contributed by atoms with van der Waals surface area (Å²) in [6, 6.07) is 15.1. The lowest BCUT2D eigenvalue weighted by Crippen LogP contribution is -2.44. The number of fused-ring (bicyclic) bond motifs is 4. The van der Waals surface area contributed by atoms with Gasteiger partial charge in [-0.1, -0.05) is 35.5 Å². The van der Waals surface area contributed by atoms with Gasteiger partial charge in [0.2, 0.25) is 5.91 Å². The lowest BCUT2D eigenvalue weighted by molar-refractivity contribution is -0.122. The number of nitrogens with one attached hydrogen (secondary N) is 1. The summed E-state index contributed by atoms with van der Waals surface area (Å²) in [7, 11) is 0. The highest BCUT2D eigenvalue weighted by Gasteiger charge is 2.41. The van der Waals surface area contributed by atoms with Gasteiger partial charge in [0.1, 0.15) is 23.3 Å². The van der Waals surface area contributed by atoms with Crippen LogP contribution in [0.4, 0.5) is 5.69 Å². The number of hydrogen-bond acceptors (Lipinski definition) is 8. The molecule has 5 heterocycles. The Hall–Kier alpha value is -4.22. The van der Waals surface area contributed by atoms with Crippen molar-refractivity contribution in [3.8, 4) is 0 Å². The monoisotopic (exact) mass is 560 g/mol. The van der Waals surface area contributed by atoms with Gasteiger partial charge in [0, 0.05) is 30.0 Å². The van der Waals surface area contributed by atoms with Crippen molar-refractivity contribution in [1.82, 2.24) is 19.6 Å². The molecule has 6 rings (SSSR count). The number of benzene rings is 1. The van der Waals surface area contributed by atoms with Crippen LogP contribution in [0.2, 0.25) is 5.02 Å². The molecule has 0 saturated heterocycles. The lowest BCUT2D eigenvalue weighted by Gasteiger charge is -2.31. The largest absolute Gasteiger partial charge is 0.467 e. The van der Waals surface area contributed by atoms with Crippen molar-refractivity contribution in [3.05, 3.63) is 99.5 Å². The Labute approximate surface area is 231 Å². The highest BCUT2D eigenvalue weighted by Crippen LogP contribution is 2.35. The van der Waals surface area contributed by atoms with Crippen LogP contribution in [-0.2, 0) is 21.9 Å². The first-order valence-electron chi connectivity index (χ1n) is 12.2. The van der Waals surface area contributed by atoms with Gasteiger partial charge in [-0.05, 0) is 42.8 Å². The number of aromatic nitrogens is 2. The first kappa shape index (κ1) is 25.1. The second-order valence-electron chi connectivity index (χ2n) is 8.92. The Bertz CT molecular complexity index is 1720. The first-order valence-corrected chi connectivity index (χ1v) is 13.5. The van der Waals surface area contributed by atoms with E-state index in [0.29, 0.717) is 44.6 Å². The number of hydrogen-bond donors (Lipinski definition) is 1. The zero-order chi connectivity index (χ0) is 26.9. The number of rotatable bonds is 7. The molecule has 0 radical (unpaired) electrons. The zero-order valence-corrected chi connectivity index (χ0v) is 22.0. The number of aliphatic imine (C=N–C) groups is 2. The van der Waals surface area contributed by atoms with Crippen LogP contribution in [0.25, 0.3) is 5.65 Å². The maximum Gasteiger partial charge on any atom is 0.270 e. The third-order valence-electron chi connectivity index (χ3n) is 6.32. The Kier molecular flexibility index (Phi) is 6.76. The minimum Gasteiger partial charge on any atom is -0.467 e. The maximum absolute atomic E-state index is 13.0. The van der Waals surface area contributed by atoms with Crippen molar-refractivity contribution in [2.24, 2.45) is 9.98 Å². The van der Waals surface area contributed by atoms with E-state index in [1.165, 1.54) is 28.4 Å². The number of carbonyl (C=O) groups is 2. The number of pyridine rings is 1. The topological polar surface area (TPSA) is 122 Å². The second-order valence-corrected chi connectivity index (χ2v) is 10.3. The number of furan rings is 1. The summed E-state index contributed by atoms with van der Waals surface area (Å²) in [5, 5.41) is 3.80. The van der Waals surface area contributed by atoms with E-state index in [9.17, 15) is 14.4 Å². The molecule has 1 atom stereocenters. The number of amides is 2. The maximum atomic E-state index is 13.0. The van der Waals surface area contributed by atoms with Crippen LogP contribution in [0.3, 0.4) is 0 Å². The summed E-state index contributed by atoms with van der Waals surface area (Å²) < 4.78 is 6.64. The molecule has 2 aliphatic rings. The van der Waals surface area contributed by atoms with E-state index in [-0.39, 0.29) is 36.8 Å². The molecule has 12 heteroatoms. The number of para-hydroxylation sites is 1. The minimum absolute atomic E-state index is 0.127. The third-order valence-corrected chi connectivity index (χ3v) is 7.53. The lowest BCUT2D eigenvalue weighted by atomic mass is 10.1. The van der Waals surface area contributed by atoms with Crippen LogP contribution < -0.4 is 10.9 Å². The Balaban J connectivity index is 1.22. The molecule has 10 nitrogen and oxygen atoms in total. The van der Waals surface area contributed by atoms with Crippen molar-refractivity contribution in [3.63, 3.8) is 0 Å². The molecule has 196 valence electrons. The van der Waals surface area contributed by atoms with E-state index < -0.39 is 6.04 Å². The van der Waals surface area contributed by atoms with Crippen molar-refractivity contribution >= 4 is 57.5 Å². The molecule has 0 spiro atoms. The minimum atomic E-state index is -0.675. The average molecular weight is 561 g/mol. The zero-order valence-electron chi connectivity index (χ0n) is 20.4. The molecule has 0 bridgehead atoms. The molecule has 4 aromatic rings. The molecule has 1 aromatic carbocycles. The summed E-state index contributed by atoms with van der Waals surface area (Å²) in [6.07, 6.45) is 3.46. The standard InChI is InChI=1S/C27H21ClN6O4S/c28-16-7-9-22-30-17(12-24(36)33(22)14-16)15-39-27-31-20-6-2-1-5-19(20)25-32-26(37)21(34(25)27)8-10-23(35)29-13-18-4-3-11-38-18/h1-7,9,11-12,14,21H,8,10,13,15H2,(H,29,35). The molecule has 1 N–H and O–H groups in total.